The number of hydrogen-bond donors (Lipinski definition) is 1. The average molecular weight is 273 g/mol. The van der Waals surface area contributed by atoms with Crippen LogP contribution in [0.3, 0.4) is 0 Å². The van der Waals surface area contributed by atoms with Crippen LogP contribution in [0.15, 0.2) is 29.3 Å². The number of aliphatic imine (C=N–C) groups is 1. The smallest absolute Gasteiger partial charge is 0.274 e. The molecule has 2 aliphatic rings. The molecule has 0 aromatic heterocycles. The van der Waals surface area contributed by atoms with Crippen LogP contribution in [0.2, 0.25) is 0 Å². The molecule has 3 rings (SSSR count). The van der Waals surface area contributed by atoms with Gasteiger partial charge in [0, 0.05) is 19.2 Å². The Bertz CT molecular complexity index is 562. The summed E-state index contributed by atoms with van der Waals surface area (Å²) in [5.41, 5.74) is 0.855. The Labute approximate surface area is 118 Å². The minimum absolute atomic E-state index is 0.0294. The fraction of sp³-hybridized carbons (Fsp3) is 0.467. The van der Waals surface area contributed by atoms with Crippen molar-refractivity contribution in [1.29, 1.82) is 0 Å². The molecule has 0 saturated carbocycles. The molecule has 1 amide bonds. The van der Waals surface area contributed by atoms with Gasteiger partial charge < -0.3 is 15.0 Å². The zero-order chi connectivity index (χ0) is 14.2. The summed E-state index contributed by atoms with van der Waals surface area (Å²) in [4.78, 5) is 19.1. The van der Waals surface area contributed by atoms with Crippen LogP contribution < -0.4 is 10.1 Å². The first-order valence-corrected chi connectivity index (χ1v) is 6.90. The van der Waals surface area contributed by atoms with Gasteiger partial charge in [-0.1, -0.05) is 12.1 Å². The SMILES string of the molecule is COc1ccccc1C1=N[C@@]2(CCCNC2)N(C)C1=O. The highest BCUT2D eigenvalue weighted by atomic mass is 16.5. The topological polar surface area (TPSA) is 53.9 Å². The van der Waals surface area contributed by atoms with Crippen molar-refractivity contribution in [3.63, 3.8) is 0 Å². The summed E-state index contributed by atoms with van der Waals surface area (Å²) in [6, 6.07) is 7.54. The summed E-state index contributed by atoms with van der Waals surface area (Å²) in [5, 5.41) is 3.34. The quantitative estimate of drug-likeness (QED) is 0.876. The monoisotopic (exact) mass is 273 g/mol. The number of nitrogens with zero attached hydrogens (tertiary/aromatic N) is 2. The maximum atomic E-state index is 12.6. The normalized spacial score (nSPS) is 26.0. The van der Waals surface area contributed by atoms with E-state index in [2.05, 4.69) is 5.32 Å². The largest absolute Gasteiger partial charge is 0.496 e. The number of methoxy groups -OCH3 is 1. The molecule has 106 valence electrons. The number of carbonyl (C=O) groups excluding carboxylic acids is 1. The lowest BCUT2D eigenvalue weighted by molar-refractivity contribution is -0.126. The lowest BCUT2D eigenvalue weighted by Gasteiger charge is -2.37. The highest BCUT2D eigenvalue weighted by Crippen LogP contribution is 2.33. The van der Waals surface area contributed by atoms with E-state index in [0.717, 1.165) is 24.9 Å². The maximum Gasteiger partial charge on any atom is 0.274 e. The first-order chi connectivity index (χ1) is 9.68. The Morgan fingerprint density at radius 3 is 2.90 bits per heavy atom. The number of likely N-dealkylation sites (N-methyl/N-ethyl adjacent to an activating group) is 1. The van der Waals surface area contributed by atoms with Gasteiger partial charge in [0.25, 0.3) is 5.91 Å². The van der Waals surface area contributed by atoms with Crippen molar-refractivity contribution in [2.24, 2.45) is 4.99 Å². The molecule has 0 bridgehead atoms. The van der Waals surface area contributed by atoms with Gasteiger partial charge in [0.1, 0.15) is 17.1 Å². The van der Waals surface area contributed by atoms with Gasteiger partial charge in [-0.15, -0.1) is 0 Å². The Morgan fingerprint density at radius 1 is 1.40 bits per heavy atom. The van der Waals surface area contributed by atoms with Crippen LogP contribution in [0.5, 0.6) is 5.75 Å². The predicted octanol–water partition coefficient (Wildman–Crippen LogP) is 1.04. The van der Waals surface area contributed by atoms with E-state index in [4.69, 9.17) is 9.73 Å². The second-order valence-electron chi connectivity index (χ2n) is 5.29. The molecule has 1 saturated heterocycles. The van der Waals surface area contributed by atoms with Crippen LogP contribution in [0.1, 0.15) is 18.4 Å². The Hall–Kier alpha value is -1.88. The fourth-order valence-corrected chi connectivity index (χ4v) is 2.95. The van der Waals surface area contributed by atoms with Gasteiger partial charge in [-0.25, -0.2) is 4.99 Å². The summed E-state index contributed by atoms with van der Waals surface area (Å²) in [6.45, 7) is 1.71. The van der Waals surface area contributed by atoms with Gasteiger partial charge in [-0.05, 0) is 31.5 Å². The summed E-state index contributed by atoms with van der Waals surface area (Å²) in [5.74, 6) is 0.659. The molecule has 1 fully saturated rings. The molecule has 5 heteroatoms. The Kier molecular flexibility index (Phi) is 3.22. The summed E-state index contributed by atoms with van der Waals surface area (Å²) in [7, 11) is 3.45. The molecular formula is C15H19N3O2. The molecular weight excluding hydrogens is 254 g/mol. The molecule has 1 aromatic rings. The third-order valence-corrected chi connectivity index (χ3v) is 4.15. The van der Waals surface area contributed by atoms with Crippen LogP contribution >= 0.6 is 0 Å². The number of carbonyl (C=O) groups is 1. The van der Waals surface area contributed by atoms with E-state index in [1.807, 2.05) is 31.3 Å². The summed E-state index contributed by atoms with van der Waals surface area (Å²) >= 11 is 0. The summed E-state index contributed by atoms with van der Waals surface area (Å²) < 4.78 is 5.35. The van der Waals surface area contributed by atoms with E-state index < -0.39 is 5.66 Å². The van der Waals surface area contributed by atoms with Crippen molar-refractivity contribution in [1.82, 2.24) is 10.2 Å². The fourth-order valence-electron chi connectivity index (χ4n) is 2.95. The lowest BCUT2D eigenvalue weighted by Crippen LogP contribution is -2.53. The highest BCUT2D eigenvalue weighted by molar-refractivity contribution is 6.47. The van der Waals surface area contributed by atoms with Crippen molar-refractivity contribution in [2.45, 2.75) is 18.5 Å². The van der Waals surface area contributed by atoms with Gasteiger partial charge in [-0.3, -0.25) is 4.79 Å². The van der Waals surface area contributed by atoms with Crippen molar-refractivity contribution in [3.8, 4) is 5.75 Å². The number of piperidine rings is 1. The van der Waals surface area contributed by atoms with Crippen molar-refractivity contribution < 1.29 is 9.53 Å². The van der Waals surface area contributed by atoms with Crippen LogP contribution in [0, 0.1) is 0 Å². The average Bonchev–Trinajstić information content (AvgIpc) is 2.73. The van der Waals surface area contributed by atoms with E-state index in [1.54, 1.807) is 12.0 Å². The van der Waals surface area contributed by atoms with Crippen LogP contribution in [-0.4, -0.2) is 49.4 Å². The number of ether oxygens (including phenoxy) is 1. The molecule has 1 aromatic carbocycles. The molecule has 1 atom stereocenters. The van der Waals surface area contributed by atoms with E-state index in [9.17, 15) is 4.79 Å². The minimum Gasteiger partial charge on any atom is -0.496 e. The van der Waals surface area contributed by atoms with E-state index >= 15 is 0 Å². The first kappa shape index (κ1) is 13.1. The highest BCUT2D eigenvalue weighted by Gasteiger charge is 2.46. The third kappa shape index (κ3) is 1.89. The number of amides is 1. The van der Waals surface area contributed by atoms with Gasteiger partial charge in [0.2, 0.25) is 0 Å². The second-order valence-corrected chi connectivity index (χ2v) is 5.29. The van der Waals surface area contributed by atoms with E-state index in [-0.39, 0.29) is 5.91 Å². The van der Waals surface area contributed by atoms with E-state index in [1.165, 1.54) is 0 Å². The molecule has 20 heavy (non-hydrogen) atoms. The first-order valence-electron chi connectivity index (χ1n) is 6.90. The molecule has 2 aliphatic heterocycles. The minimum atomic E-state index is -0.425. The standard InChI is InChI=1S/C15H19N3O2/c1-18-14(19)13(11-6-3-4-7-12(11)20-2)17-15(18)8-5-9-16-10-15/h3-4,6-7,16H,5,8-10H2,1-2H3/t15-/m0/s1. The Morgan fingerprint density at radius 2 is 2.20 bits per heavy atom. The third-order valence-electron chi connectivity index (χ3n) is 4.15. The number of para-hydroxylation sites is 1. The van der Waals surface area contributed by atoms with Crippen LogP contribution in [-0.2, 0) is 4.79 Å². The molecule has 2 heterocycles. The zero-order valence-electron chi connectivity index (χ0n) is 11.8. The second kappa shape index (κ2) is 4.90. The molecule has 0 unspecified atom stereocenters. The summed E-state index contributed by atoms with van der Waals surface area (Å²) in [6.07, 6.45) is 1.93. The van der Waals surface area contributed by atoms with Crippen molar-refractivity contribution >= 4 is 11.6 Å². The number of benzene rings is 1. The number of rotatable bonds is 2. The number of nitrogens with one attached hydrogen (secondary N) is 1. The van der Waals surface area contributed by atoms with Crippen molar-refractivity contribution in [3.05, 3.63) is 29.8 Å². The van der Waals surface area contributed by atoms with Gasteiger partial charge in [0.05, 0.1) is 7.11 Å². The molecule has 5 nitrogen and oxygen atoms in total. The van der Waals surface area contributed by atoms with Gasteiger partial charge in [-0.2, -0.15) is 0 Å². The van der Waals surface area contributed by atoms with E-state index in [0.29, 0.717) is 18.0 Å². The molecule has 1 spiro atoms. The lowest BCUT2D eigenvalue weighted by atomic mass is 10.00. The molecule has 0 radical (unpaired) electrons. The zero-order valence-corrected chi connectivity index (χ0v) is 11.8. The predicted molar refractivity (Wildman–Crippen MR) is 77.1 cm³/mol. The Balaban J connectivity index is 2.04. The molecule has 0 aliphatic carbocycles. The van der Waals surface area contributed by atoms with Crippen LogP contribution in [0.25, 0.3) is 0 Å². The maximum absolute atomic E-state index is 12.6. The van der Waals surface area contributed by atoms with Crippen molar-refractivity contribution in [2.75, 3.05) is 27.2 Å². The van der Waals surface area contributed by atoms with Crippen LogP contribution in [0.4, 0.5) is 0 Å². The molecule has 1 N–H and O–H groups in total. The van der Waals surface area contributed by atoms with Gasteiger partial charge in [0.15, 0.2) is 0 Å². The number of hydrogen-bond acceptors (Lipinski definition) is 4. The van der Waals surface area contributed by atoms with Gasteiger partial charge >= 0.3 is 0 Å².